The number of ether oxygens (including phenoxy) is 2. The van der Waals surface area contributed by atoms with Crippen LogP contribution in [0.1, 0.15) is 13.8 Å². The first-order chi connectivity index (χ1) is 8.27. The van der Waals surface area contributed by atoms with Crippen LogP contribution in [-0.2, 0) is 9.53 Å². The summed E-state index contributed by atoms with van der Waals surface area (Å²) in [6.07, 6.45) is 0. The highest BCUT2D eigenvalue weighted by Crippen LogP contribution is 2.35. The van der Waals surface area contributed by atoms with E-state index in [4.69, 9.17) is 26.8 Å². The van der Waals surface area contributed by atoms with Gasteiger partial charge in [0.1, 0.15) is 6.61 Å². The molecule has 6 heteroatoms. The smallest absolute Gasteiger partial charge is 0.314 e. The summed E-state index contributed by atoms with van der Waals surface area (Å²) in [5, 5.41) is 0.513. The molecule has 0 saturated heterocycles. The molecule has 18 heavy (non-hydrogen) atoms. The molecule has 0 aliphatic carbocycles. The van der Waals surface area contributed by atoms with Crippen LogP contribution in [0.3, 0.4) is 0 Å². The Balaban J connectivity index is 2.84. The van der Waals surface area contributed by atoms with Gasteiger partial charge in [-0.25, -0.2) is 0 Å². The van der Waals surface area contributed by atoms with E-state index >= 15 is 0 Å². The van der Waals surface area contributed by atoms with Crippen LogP contribution in [0.25, 0.3) is 0 Å². The van der Waals surface area contributed by atoms with Crippen LogP contribution in [0.2, 0.25) is 5.02 Å². The maximum absolute atomic E-state index is 11.5. The Labute approximate surface area is 120 Å². The topological polar surface area (TPSA) is 61.5 Å². The summed E-state index contributed by atoms with van der Waals surface area (Å²) in [5.74, 6) is 0.127. The zero-order valence-electron chi connectivity index (χ0n) is 10.4. The lowest BCUT2D eigenvalue weighted by Crippen LogP contribution is -2.32. The average molecular weight is 337 g/mol. The van der Waals surface area contributed by atoms with Gasteiger partial charge in [0, 0.05) is 5.02 Å². The van der Waals surface area contributed by atoms with Crippen LogP contribution in [0.5, 0.6) is 5.75 Å². The number of carbonyl (C=O) groups excluding carboxylic acids is 1. The lowest BCUT2D eigenvalue weighted by Gasteiger charge is -2.22. The third kappa shape index (κ3) is 3.53. The van der Waals surface area contributed by atoms with Gasteiger partial charge in [-0.3, -0.25) is 4.79 Å². The van der Waals surface area contributed by atoms with E-state index in [1.807, 2.05) is 0 Å². The third-order valence-corrected chi connectivity index (χ3v) is 3.16. The first kappa shape index (κ1) is 15.1. The minimum Gasteiger partial charge on any atom is -0.489 e. The number of benzene rings is 1. The standard InChI is InChI=1S/C12H15BrClNO3/c1-12(2,11(16)17-3)6-18-10-8(13)4-7(14)5-9(10)15/h4-5H,6,15H2,1-3H3. The Morgan fingerprint density at radius 2 is 2.11 bits per heavy atom. The molecule has 0 heterocycles. The van der Waals surface area contributed by atoms with Gasteiger partial charge < -0.3 is 15.2 Å². The van der Waals surface area contributed by atoms with E-state index in [1.54, 1.807) is 26.0 Å². The van der Waals surface area contributed by atoms with Crippen molar-refractivity contribution < 1.29 is 14.3 Å². The van der Waals surface area contributed by atoms with Crippen molar-refractivity contribution in [2.45, 2.75) is 13.8 Å². The largest absolute Gasteiger partial charge is 0.489 e. The second kappa shape index (κ2) is 5.80. The fraction of sp³-hybridized carbons (Fsp3) is 0.417. The number of halogens is 2. The fourth-order valence-electron chi connectivity index (χ4n) is 1.32. The molecule has 0 aliphatic heterocycles. The molecule has 0 bridgehead atoms. The molecule has 0 atom stereocenters. The van der Waals surface area contributed by atoms with Gasteiger partial charge in [0.2, 0.25) is 0 Å². The molecule has 1 rings (SSSR count). The highest BCUT2D eigenvalue weighted by Gasteiger charge is 2.30. The highest BCUT2D eigenvalue weighted by molar-refractivity contribution is 9.10. The van der Waals surface area contributed by atoms with Gasteiger partial charge in [0.25, 0.3) is 0 Å². The van der Waals surface area contributed by atoms with Gasteiger partial charge in [-0.05, 0) is 41.9 Å². The van der Waals surface area contributed by atoms with Crippen LogP contribution in [0.15, 0.2) is 16.6 Å². The zero-order valence-corrected chi connectivity index (χ0v) is 12.8. The number of hydrogen-bond donors (Lipinski definition) is 1. The predicted molar refractivity (Wildman–Crippen MR) is 74.9 cm³/mol. The van der Waals surface area contributed by atoms with Crippen LogP contribution in [0, 0.1) is 5.41 Å². The summed E-state index contributed by atoms with van der Waals surface area (Å²) >= 11 is 9.16. The van der Waals surface area contributed by atoms with Gasteiger partial charge >= 0.3 is 5.97 Å². The Morgan fingerprint density at radius 3 is 2.61 bits per heavy atom. The van der Waals surface area contributed by atoms with Gasteiger partial charge in [-0.2, -0.15) is 0 Å². The van der Waals surface area contributed by atoms with Crippen molar-refractivity contribution in [3.8, 4) is 5.75 Å². The van der Waals surface area contributed by atoms with E-state index in [0.29, 0.717) is 20.9 Å². The van der Waals surface area contributed by atoms with Crippen molar-refractivity contribution in [3.63, 3.8) is 0 Å². The summed E-state index contributed by atoms with van der Waals surface area (Å²) in [6.45, 7) is 3.63. The number of carbonyl (C=O) groups is 1. The van der Waals surface area contributed by atoms with Crippen LogP contribution < -0.4 is 10.5 Å². The highest BCUT2D eigenvalue weighted by atomic mass is 79.9. The lowest BCUT2D eigenvalue weighted by atomic mass is 9.95. The molecule has 0 amide bonds. The average Bonchev–Trinajstić information content (AvgIpc) is 2.26. The molecule has 2 N–H and O–H groups in total. The molecule has 0 aliphatic rings. The zero-order chi connectivity index (χ0) is 13.9. The molecule has 0 aromatic heterocycles. The molecule has 0 fully saturated rings. The van der Waals surface area contributed by atoms with Crippen molar-refractivity contribution in [2.75, 3.05) is 19.5 Å². The number of esters is 1. The first-order valence-corrected chi connectivity index (χ1v) is 6.41. The van der Waals surface area contributed by atoms with E-state index in [2.05, 4.69) is 15.9 Å². The van der Waals surface area contributed by atoms with Crippen molar-refractivity contribution in [1.82, 2.24) is 0 Å². The summed E-state index contributed by atoms with van der Waals surface area (Å²) in [5.41, 5.74) is 5.47. The Morgan fingerprint density at radius 1 is 1.50 bits per heavy atom. The quantitative estimate of drug-likeness (QED) is 0.677. The molecule has 0 spiro atoms. The number of hydrogen-bond acceptors (Lipinski definition) is 4. The Hall–Kier alpha value is -0.940. The molecule has 1 aromatic carbocycles. The van der Waals surface area contributed by atoms with E-state index in [1.165, 1.54) is 7.11 Å². The van der Waals surface area contributed by atoms with Gasteiger partial charge in [-0.15, -0.1) is 0 Å². The monoisotopic (exact) mass is 335 g/mol. The number of nitrogens with two attached hydrogens (primary N) is 1. The SMILES string of the molecule is COC(=O)C(C)(C)COc1c(N)cc(Cl)cc1Br. The fourth-order valence-corrected chi connectivity index (χ4v) is 2.27. The maximum Gasteiger partial charge on any atom is 0.314 e. The minimum atomic E-state index is -0.750. The second-order valence-electron chi connectivity index (χ2n) is 4.47. The van der Waals surface area contributed by atoms with Crippen molar-refractivity contribution in [3.05, 3.63) is 21.6 Å². The summed E-state index contributed by atoms with van der Waals surface area (Å²) in [4.78, 5) is 11.5. The lowest BCUT2D eigenvalue weighted by molar-refractivity contribution is -0.152. The molecular weight excluding hydrogens is 321 g/mol. The van der Waals surface area contributed by atoms with E-state index < -0.39 is 5.41 Å². The van der Waals surface area contributed by atoms with Gasteiger partial charge in [-0.1, -0.05) is 11.6 Å². The molecule has 100 valence electrons. The second-order valence-corrected chi connectivity index (χ2v) is 5.76. The number of methoxy groups -OCH3 is 1. The summed E-state index contributed by atoms with van der Waals surface area (Å²) < 4.78 is 10.9. The van der Waals surface area contributed by atoms with Crippen LogP contribution in [0.4, 0.5) is 5.69 Å². The third-order valence-electron chi connectivity index (χ3n) is 2.35. The molecular formula is C12H15BrClNO3. The summed E-state index contributed by atoms with van der Waals surface area (Å²) in [7, 11) is 1.34. The first-order valence-electron chi connectivity index (χ1n) is 5.23. The number of anilines is 1. The van der Waals surface area contributed by atoms with Crippen molar-refractivity contribution in [2.24, 2.45) is 5.41 Å². The maximum atomic E-state index is 11.5. The molecule has 4 nitrogen and oxygen atoms in total. The Kier molecular flexibility index (Phi) is 4.87. The number of nitrogen functional groups attached to an aromatic ring is 1. The van der Waals surface area contributed by atoms with Crippen molar-refractivity contribution >= 4 is 39.2 Å². The van der Waals surface area contributed by atoms with Crippen LogP contribution >= 0.6 is 27.5 Å². The molecule has 0 saturated carbocycles. The number of rotatable bonds is 4. The summed E-state index contributed by atoms with van der Waals surface area (Å²) in [6, 6.07) is 3.27. The van der Waals surface area contributed by atoms with Crippen LogP contribution in [-0.4, -0.2) is 19.7 Å². The minimum absolute atomic E-state index is 0.157. The van der Waals surface area contributed by atoms with E-state index in [0.717, 1.165) is 0 Å². The molecule has 1 aromatic rings. The Bertz CT molecular complexity index is 440. The van der Waals surface area contributed by atoms with Gasteiger partial charge in [0.05, 0.1) is 22.7 Å². The predicted octanol–water partition coefficient (Wildman–Crippen LogP) is 3.26. The molecule has 0 unspecified atom stereocenters. The van der Waals surface area contributed by atoms with Gasteiger partial charge in [0.15, 0.2) is 5.75 Å². The van der Waals surface area contributed by atoms with E-state index in [-0.39, 0.29) is 12.6 Å². The molecule has 0 radical (unpaired) electrons. The van der Waals surface area contributed by atoms with E-state index in [9.17, 15) is 4.79 Å². The van der Waals surface area contributed by atoms with Crippen molar-refractivity contribution in [1.29, 1.82) is 0 Å². The normalized spacial score (nSPS) is 11.2.